The fourth-order valence-corrected chi connectivity index (χ4v) is 4.42. The molecule has 0 aliphatic carbocycles. The SMILES string of the molecule is CC1CCN(Cc2ccc3nc(NC(=O)/C=C/c4ccc(F)cc4)sc3c2)CC1. The van der Waals surface area contributed by atoms with Crippen molar-refractivity contribution in [2.75, 3.05) is 18.4 Å². The lowest BCUT2D eigenvalue weighted by molar-refractivity contribution is -0.111. The zero-order valence-electron chi connectivity index (χ0n) is 16.4. The molecule has 29 heavy (non-hydrogen) atoms. The predicted molar refractivity (Wildman–Crippen MR) is 117 cm³/mol. The minimum atomic E-state index is -0.296. The van der Waals surface area contributed by atoms with Crippen LogP contribution in [0.5, 0.6) is 0 Å². The quantitative estimate of drug-likeness (QED) is 0.580. The fraction of sp³-hybridized carbons (Fsp3) is 0.304. The molecule has 150 valence electrons. The Hall–Kier alpha value is -2.57. The van der Waals surface area contributed by atoms with Crippen molar-refractivity contribution in [3.63, 3.8) is 0 Å². The summed E-state index contributed by atoms with van der Waals surface area (Å²) in [4.78, 5) is 19.2. The highest BCUT2D eigenvalue weighted by Crippen LogP contribution is 2.28. The number of fused-ring (bicyclic) bond motifs is 1. The van der Waals surface area contributed by atoms with Crippen LogP contribution in [0.3, 0.4) is 0 Å². The molecule has 0 radical (unpaired) electrons. The van der Waals surface area contributed by atoms with Gasteiger partial charge in [-0.15, -0.1) is 0 Å². The van der Waals surface area contributed by atoms with Crippen LogP contribution in [0.25, 0.3) is 16.3 Å². The molecule has 0 saturated carbocycles. The van der Waals surface area contributed by atoms with E-state index in [1.807, 2.05) is 6.07 Å². The van der Waals surface area contributed by atoms with E-state index in [4.69, 9.17) is 0 Å². The Labute approximate surface area is 174 Å². The molecule has 3 aromatic rings. The van der Waals surface area contributed by atoms with Crippen LogP contribution in [0.4, 0.5) is 9.52 Å². The van der Waals surface area contributed by atoms with Gasteiger partial charge in [0, 0.05) is 12.6 Å². The molecular weight excluding hydrogens is 385 g/mol. The highest BCUT2D eigenvalue weighted by Gasteiger charge is 2.16. The van der Waals surface area contributed by atoms with E-state index in [2.05, 4.69) is 34.3 Å². The molecule has 6 heteroatoms. The maximum atomic E-state index is 12.9. The summed E-state index contributed by atoms with van der Waals surface area (Å²) in [6.45, 7) is 5.60. The first-order valence-corrected chi connectivity index (χ1v) is 10.7. The molecule has 1 aliphatic rings. The summed E-state index contributed by atoms with van der Waals surface area (Å²) in [6.07, 6.45) is 5.62. The van der Waals surface area contributed by atoms with E-state index < -0.39 is 0 Å². The van der Waals surface area contributed by atoms with E-state index in [0.717, 1.165) is 41.3 Å². The lowest BCUT2D eigenvalue weighted by Crippen LogP contribution is -2.32. The molecule has 4 nitrogen and oxygen atoms in total. The predicted octanol–water partition coefficient (Wildman–Crippen LogP) is 5.32. The van der Waals surface area contributed by atoms with E-state index in [0.29, 0.717) is 5.13 Å². The van der Waals surface area contributed by atoms with Gasteiger partial charge in [0.15, 0.2) is 5.13 Å². The number of nitrogens with one attached hydrogen (secondary N) is 1. The molecule has 1 saturated heterocycles. The molecule has 1 aliphatic heterocycles. The van der Waals surface area contributed by atoms with Crippen LogP contribution < -0.4 is 5.32 Å². The van der Waals surface area contributed by atoms with Crippen molar-refractivity contribution in [3.8, 4) is 0 Å². The standard InChI is InChI=1S/C23H24FN3OS/c1-16-10-12-27(13-11-16)15-18-4-8-20-21(14-18)29-23(25-20)26-22(28)9-5-17-2-6-19(24)7-3-17/h2-9,14,16H,10-13,15H2,1H3,(H,25,26,28)/b9-5+. The third-order valence-corrected chi connectivity index (χ3v) is 6.20. The second-order valence-corrected chi connectivity index (χ2v) is 8.68. The van der Waals surface area contributed by atoms with Crippen molar-refractivity contribution in [2.45, 2.75) is 26.3 Å². The number of rotatable bonds is 5. The van der Waals surface area contributed by atoms with Gasteiger partial charge in [0.1, 0.15) is 5.82 Å². The average Bonchev–Trinajstić information content (AvgIpc) is 3.11. The number of carbonyl (C=O) groups is 1. The lowest BCUT2D eigenvalue weighted by Gasteiger charge is -2.30. The van der Waals surface area contributed by atoms with Crippen LogP contribution in [-0.2, 0) is 11.3 Å². The number of carbonyl (C=O) groups excluding carboxylic acids is 1. The Morgan fingerprint density at radius 2 is 2.00 bits per heavy atom. The molecule has 0 bridgehead atoms. The van der Waals surface area contributed by atoms with Gasteiger partial charge in [0.25, 0.3) is 0 Å². The Morgan fingerprint density at radius 3 is 2.76 bits per heavy atom. The van der Waals surface area contributed by atoms with E-state index in [1.54, 1.807) is 18.2 Å². The smallest absolute Gasteiger partial charge is 0.250 e. The molecule has 2 heterocycles. The van der Waals surface area contributed by atoms with Crippen LogP contribution in [-0.4, -0.2) is 28.9 Å². The van der Waals surface area contributed by atoms with Crippen molar-refractivity contribution in [3.05, 3.63) is 65.5 Å². The van der Waals surface area contributed by atoms with Gasteiger partial charge >= 0.3 is 0 Å². The molecule has 0 spiro atoms. The Bertz CT molecular complexity index is 1020. The largest absolute Gasteiger partial charge is 0.299 e. The summed E-state index contributed by atoms with van der Waals surface area (Å²) in [6, 6.07) is 12.3. The van der Waals surface area contributed by atoms with Crippen LogP contribution in [0.15, 0.2) is 48.5 Å². The minimum absolute atomic E-state index is 0.254. The number of thiazole rings is 1. The van der Waals surface area contributed by atoms with E-state index in [9.17, 15) is 9.18 Å². The normalized spacial score (nSPS) is 15.9. The zero-order valence-corrected chi connectivity index (χ0v) is 17.2. The number of aromatic nitrogens is 1. The van der Waals surface area contributed by atoms with Gasteiger partial charge in [-0.25, -0.2) is 9.37 Å². The van der Waals surface area contributed by atoms with Crippen molar-refractivity contribution in [1.82, 2.24) is 9.88 Å². The summed E-state index contributed by atoms with van der Waals surface area (Å²) in [5.74, 6) is 0.282. The maximum absolute atomic E-state index is 12.9. The summed E-state index contributed by atoms with van der Waals surface area (Å²) in [5.41, 5.74) is 2.94. The molecule has 4 rings (SSSR count). The minimum Gasteiger partial charge on any atom is -0.299 e. The fourth-order valence-electron chi connectivity index (χ4n) is 3.49. The van der Waals surface area contributed by atoms with E-state index in [1.165, 1.54) is 48.0 Å². The number of hydrogen-bond acceptors (Lipinski definition) is 4. The summed E-state index contributed by atoms with van der Waals surface area (Å²) >= 11 is 1.48. The number of nitrogens with zero attached hydrogens (tertiary/aromatic N) is 2. The summed E-state index contributed by atoms with van der Waals surface area (Å²) in [7, 11) is 0. The first-order valence-electron chi connectivity index (χ1n) is 9.91. The number of likely N-dealkylation sites (tertiary alicyclic amines) is 1. The zero-order chi connectivity index (χ0) is 20.2. The molecule has 1 amide bonds. The van der Waals surface area contributed by atoms with Crippen LogP contribution in [0, 0.1) is 11.7 Å². The second kappa shape index (κ2) is 8.84. The molecular formula is C23H24FN3OS. The number of anilines is 1. The Kier molecular flexibility index (Phi) is 6.02. The second-order valence-electron chi connectivity index (χ2n) is 7.65. The lowest BCUT2D eigenvalue weighted by atomic mass is 9.99. The number of piperidine rings is 1. The molecule has 2 aromatic carbocycles. The molecule has 1 aromatic heterocycles. The van der Waals surface area contributed by atoms with E-state index >= 15 is 0 Å². The number of amides is 1. The molecule has 1 N–H and O–H groups in total. The molecule has 0 unspecified atom stereocenters. The average molecular weight is 410 g/mol. The van der Waals surface area contributed by atoms with Crippen LogP contribution >= 0.6 is 11.3 Å². The Balaban J connectivity index is 1.39. The maximum Gasteiger partial charge on any atom is 0.250 e. The monoisotopic (exact) mass is 409 g/mol. The number of halogens is 1. The van der Waals surface area contributed by atoms with Gasteiger partial charge in [-0.05, 0) is 73.3 Å². The van der Waals surface area contributed by atoms with Crippen molar-refractivity contribution in [2.24, 2.45) is 5.92 Å². The highest BCUT2D eigenvalue weighted by atomic mass is 32.1. The Morgan fingerprint density at radius 1 is 1.24 bits per heavy atom. The van der Waals surface area contributed by atoms with Gasteiger partial charge < -0.3 is 0 Å². The van der Waals surface area contributed by atoms with Gasteiger partial charge in [0.05, 0.1) is 10.2 Å². The van der Waals surface area contributed by atoms with Crippen LogP contribution in [0.1, 0.15) is 30.9 Å². The van der Waals surface area contributed by atoms with E-state index in [-0.39, 0.29) is 11.7 Å². The van der Waals surface area contributed by atoms with Crippen molar-refractivity contribution >= 4 is 38.7 Å². The van der Waals surface area contributed by atoms with Gasteiger partial charge in [-0.3, -0.25) is 15.0 Å². The number of benzene rings is 2. The van der Waals surface area contributed by atoms with Gasteiger partial charge in [-0.2, -0.15) is 0 Å². The number of hydrogen-bond donors (Lipinski definition) is 1. The molecule has 1 fully saturated rings. The highest BCUT2D eigenvalue weighted by molar-refractivity contribution is 7.22. The summed E-state index contributed by atoms with van der Waals surface area (Å²) < 4.78 is 14.0. The molecule has 0 atom stereocenters. The van der Waals surface area contributed by atoms with Crippen molar-refractivity contribution in [1.29, 1.82) is 0 Å². The first-order chi connectivity index (χ1) is 14.0. The van der Waals surface area contributed by atoms with Gasteiger partial charge in [0.2, 0.25) is 5.91 Å². The van der Waals surface area contributed by atoms with Crippen molar-refractivity contribution < 1.29 is 9.18 Å². The van der Waals surface area contributed by atoms with Crippen LogP contribution in [0.2, 0.25) is 0 Å². The topological polar surface area (TPSA) is 45.2 Å². The third-order valence-electron chi connectivity index (χ3n) is 5.26. The first kappa shape index (κ1) is 19.7. The van der Waals surface area contributed by atoms with Gasteiger partial charge in [-0.1, -0.05) is 36.5 Å². The third kappa shape index (κ3) is 5.28. The summed E-state index contributed by atoms with van der Waals surface area (Å²) in [5, 5.41) is 3.40.